The van der Waals surface area contributed by atoms with Crippen molar-refractivity contribution in [3.05, 3.63) is 0 Å². The Kier molecular flexibility index (Phi) is 4.97. The van der Waals surface area contributed by atoms with E-state index in [4.69, 9.17) is 21.1 Å². The summed E-state index contributed by atoms with van der Waals surface area (Å²) in [5.74, 6) is -3.01. The van der Waals surface area contributed by atoms with Crippen molar-refractivity contribution in [1.29, 1.82) is 0 Å². The van der Waals surface area contributed by atoms with Crippen molar-refractivity contribution < 1.29 is 24.9 Å². The molecule has 0 amide bonds. The Hall–Kier alpha value is -1.18. The Morgan fingerprint density at radius 2 is 1.85 bits per heavy atom. The highest BCUT2D eigenvalue weighted by atomic mass is 16.4. The molecule has 13 heavy (non-hydrogen) atoms. The van der Waals surface area contributed by atoms with Crippen molar-refractivity contribution in [3.8, 4) is 0 Å². The summed E-state index contributed by atoms with van der Waals surface area (Å²) in [6, 6.07) is -1.53. The SMILES string of the molecule is NCCNC(C(=O)O)C(O)C(=O)O. The van der Waals surface area contributed by atoms with Crippen LogP contribution in [0.1, 0.15) is 0 Å². The van der Waals surface area contributed by atoms with Gasteiger partial charge in [-0.1, -0.05) is 0 Å². The number of carboxylic acids is 2. The van der Waals surface area contributed by atoms with E-state index in [9.17, 15) is 9.59 Å². The summed E-state index contributed by atoms with van der Waals surface area (Å²) in [6.45, 7) is 0.289. The molecule has 0 aromatic heterocycles. The highest BCUT2D eigenvalue weighted by Crippen LogP contribution is 1.94. The normalized spacial score (nSPS) is 14.9. The van der Waals surface area contributed by atoms with Crippen molar-refractivity contribution in [2.75, 3.05) is 13.1 Å². The number of hydrogen-bond donors (Lipinski definition) is 5. The molecule has 0 aromatic rings. The summed E-state index contributed by atoms with van der Waals surface area (Å²) in [5, 5.41) is 28.0. The van der Waals surface area contributed by atoms with Crippen molar-refractivity contribution in [1.82, 2.24) is 5.32 Å². The van der Waals surface area contributed by atoms with E-state index < -0.39 is 24.1 Å². The molecule has 2 unspecified atom stereocenters. The highest BCUT2D eigenvalue weighted by Gasteiger charge is 2.31. The molecule has 76 valence electrons. The third-order valence-electron chi connectivity index (χ3n) is 1.34. The minimum absolute atomic E-state index is 0.126. The van der Waals surface area contributed by atoms with E-state index in [0.717, 1.165) is 0 Å². The summed E-state index contributed by atoms with van der Waals surface area (Å²) < 4.78 is 0. The van der Waals surface area contributed by atoms with Crippen LogP contribution in [0.2, 0.25) is 0 Å². The quantitative estimate of drug-likeness (QED) is 0.312. The van der Waals surface area contributed by atoms with Gasteiger partial charge in [-0.3, -0.25) is 4.79 Å². The Morgan fingerprint density at radius 3 is 2.15 bits per heavy atom. The van der Waals surface area contributed by atoms with Gasteiger partial charge < -0.3 is 26.4 Å². The summed E-state index contributed by atoms with van der Waals surface area (Å²) in [4.78, 5) is 20.6. The molecule has 2 atom stereocenters. The fraction of sp³-hybridized carbons (Fsp3) is 0.667. The first-order valence-corrected chi connectivity index (χ1v) is 3.57. The summed E-state index contributed by atoms with van der Waals surface area (Å²) in [5.41, 5.74) is 5.07. The van der Waals surface area contributed by atoms with Gasteiger partial charge in [0.1, 0.15) is 6.04 Å². The van der Waals surface area contributed by atoms with Crippen molar-refractivity contribution in [3.63, 3.8) is 0 Å². The lowest BCUT2D eigenvalue weighted by Crippen LogP contribution is -2.50. The number of nitrogens with one attached hydrogen (secondary N) is 1. The number of rotatable bonds is 6. The molecule has 0 fully saturated rings. The molecule has 0 aliphatic carbocycles. The Labute approximate surface area is 74.2 Å². The average Bonchev–Trinajstić information content (AvgIpc) is 2.04. The molecule has 0 saturated heterocycles. The van der Waals surface area contributed by atoms with Crippen LogP contribution >= 0.6 is 0 Å². The zero-order valence-electron chi connectivity index (χ0n) is 6.80. The van der Waals surface area contributed by atoms with Gasteiger partial charge in [0.25, 0.3) is 0 Å². The smallest absolute Gasteiger partial charge is 0.334 e. The third kappa shape index (κ3) is 3.83. The van der Waals surface area contributed by atoms with Crippen LogP contribution in [0.3, 0.4) is 0 Å². The van der Waals surface area contributed by atoms with Crippen LogP contribution < -0.4 is 11.1 Å². The summed E-state index contributed by atoms with van der Waals surface area (Å²) in [6.07, 6.45) is -1.97. The van der Waals surface area contributed by atoms with Crippen LogP contribution in [0.5, 0.6) is 0 Å². The Bertz CT molecular complexity index is 195. The molecule has 0 bridgehead atoms. The van der Waals surface area contributed by atoms with E-state index in [2.05, 4.69) is 5.32 Å². The maximum atomic E-state index is 10.4. The molecular formula is C6H12N2O5. The van der Waals surface area contributed by atoms with Crippen molar-refractivity contribution in [2.24, 2.45) is 5.73 Å². The molecule has 0 rings (SSSR count). The molecular weight excluding hydrogens is 180 g/mol. The van der Waals surface area contributed by atoms with E-state index in [1.165, 1.54) is 0 Å². The van der Waals surface area contributed by atoms with Crippen LogP contribution in [0, 0.1) is 0 Å². The van der Waals surface area contributed by atoms with Crippen molar-refractivity contribution >= 4 is 11.9 Å². The molecule has 0 aromatic carbocycles. The van der Waals surface area contributed by atoms with Crippen LogP contribution in [0.15, 0.2) is 0 Å². The van der Waals surface area contributed by atoms with E-state index >= 15 is 0 Å². The zero-order chi connectivity index (χ0) is 10.4. The minimum atomic E-state index is -1.97. The highest BCUT2D eigenvalue weighted by molar-refractivity contribution is 5.84. The molecule has 7 heteroatoms. The lowest BCUT2D eigenvalue weighted by atomic mass is 10.1. The lowest BCUT2D eigenvalue weighted by molar-refractivity contribution is -0.156. The van der Waals surface area contributed by atoms with Crippen LogP contribution in [0.25, 0.3) is 0 Å². The van der Waals surface area contributed by atoms with Gasteiger partial charge in [0.05, 0.1) is 0 Å². The van der Waals surface area contributed by atoms with Gasteiger partial charge in [-0.15, -0.1) is 0 Å². The molecule has 6 N–H and O–H groups in total. The monoisotopic (exact) mass is 192 g/mol. The van der Waals surface area contributed by atoms with Crippen LogP contribution in [-0.2, 0) is 9.59 Å². The molecule has 0 radical (unpaired) electrons. The van der Waals surface area contributed by atoms with E-state index in [0.29, 0.717) is 0 Å². The van der Waals surface area contributed by atoms with Gasteiger partial charge in [0, 0.05) is 13.1 Å². The van der Waals surface area contributed by atoms with Crippen LogP contribution in [-0.4, -0.2) is 52.5 Å². The lowest BCUT2D eigenvalue weighted by Gasteiger charge is -2.16. The standard InChI is InChI=1S/C6H12N2O5/c7-1-2-8-3(5(10)11)4(9)6(12)13/h3-4,8-9H,1-2,7H2,(H,10,11)(H,12,13). The molecule has 0 heterocycles. The first-order chi connectivity index (χ1) is 6.00. The van der Waals surface area contributed by atoms with E-state index in [-0.39, 0.29) is 13.1 Å². The number of carbonyl (C=O) groups is 2. The number of carboxylic acid groups (broad SMARTS) is 2. The molecule has 0 aliphatic heterocycles. The second-order valence-electron chi connectivity index (χ2n) is 2.34. The Morgan fingerprint density at radius 1 is 1.31 bits per heavy atom. The van der Waals surface area contributed by atoms with Gasteiger partial charge in [-0.25, -0.2) is 4.79 Å². The average molecular weight is 192 g/mol. The second-order valence-corrected chi connectivity index (χ2v) is 2.34. The zero-order valence-corrected chi connectivity index (χ0v) is 6.80. The summed E-state index contributed by atoms with van der Waals surface area (Å²) >= 11 is 0. The topological polar surface area (TPSA) is 133 Å². The second kappa shape index (κ2) is 5.46. The van der Waals surface area contributed by atoms with Gasteiger partial charge in [0.15, 0.2) is 6.10 Å². The van der Waals surface area contributed by atoms with Crippen molar-refractivity contribution in [2.45, 2.75) is 12.1 Å². The van der Waals surface area contributed by atoms with Crippen LogP contribution in [0.4, 0.5) is 0 Å². The van der Waals surface area contributed by atoms with Gasteiger partial charge in [-0.05, 0) is 0 Å². The maximum Gasteiger partial charge on any atom is 0.334 e. The fourth-order valence-electron chi connectivity index (χ4n) is 0.715. The van der Waals surface area contributed by atoms with Gasteiger partial charge >= 0.3 is 11.9 Å². The van der Waals surface area contributed by atoms with E-state index in [1.54, 1.807) is 0 Å². The maximum absolute atomic E-state index is 10.4. The number of aliphatic hydroxyl groups is 1. The Balaban J connectivity index is 4.24. The predicted molar refractivity (Wildman–Crippen MR) is 42.1 cm³/mol. The van der Waals surface area contributed by atoms with E-state index in [1.807, 2.05) is 0 Å². The third-order valence-corrected chi connectivity index (χ3v) is 1.34. The number of aliphatic carboxylic acids is 2. The minimum Gasteiger partial charge on any atom is -0.480 e. The first-order valence-electron chi connectivity index (χ1n) is 3.57. The number of hydrogen-bond acceptors (Lipinski definition) is 5. The fourth-order valence-corrected chi connectivity index (χ4v) is 0.715. The molecule has 0 aliphatic rings. The largest absolute Gasteiger partial charge is 0.480 e. The molecule has 7 nitrogen and oxygen atoms in total. The van der Waals surface area contributed by atoms with Gasteiger partial charge in [0.2, 0.25) is 0 Å². The number of nitrogens with two attached hydrogens (primary N) is 1. The molecule has 0 spiro atoms. The number of aliphatic hydroxyl groups excluding tert-OH is 1. The summed E-state index contributed by atoms with van der Waals surface area (Å²) in [7, 11) is 0. The molecule has 0 saturated carbocycles. The predicted octanol–water partition coefficient (Wildman–Crippen LogP) is -2.57. The van der Waals surface area contributed by atoms with Gasteiger partial charge in [-0.2, -0.15) is 0 Å². The first kappa shape index (κ1) is 11.8.